The predicted molar refractivity (Wildman–Crippen MR) is 87.9 cm³/mol. The van der Waals surface area contributed by atoms with Gasteiger partial charge in [0.05, 0.1) is 6.04 Å². The van der Waals surface area contributed by atoms with Gasteiger partial charge in [-0.15, -0.1) is 0 Å². The molecule has 2 aromatic carbocycles. The third kappa shape index (κ3) is 2.57. The molecule has 3 aromatic rings. The van der Waals surface area contributed by atoms with Crippen LogP contribution in [0.1, 0.15) is 29.9 Å². The first-order valence-electron chi connectivity index (χ1n) is 7.17. The van der Waals surface area contributed by atoms with Crippen LogP contribution in [0.15, 0.2) is 52.9 Å². The second kappa shape index (κ2) is 5.92. The number of aryl methyl sites for hydroxylation is 1. The van der Waals surface area contributed by atoms with E-state index in [1.807, 2.05) is 31.3 Å². The summed E-state index contributed by atoms with van der Waals surface area (Å²) in [5, 5.41) is 5.33. The minimum atomic E-state index is 0.0980. The third-order valence-corrected chi connectivity index (χ3v) is 4.06. The van der Waals surface area contributed by atoms with Gasteiger partial charge in [-0.2, -0.15) is 0 Å². The molecule has 21 heavy (non-hydrogen) atoms. The van der Waals surface area contributed by atoms with E-state index in [4.69, 9.17) is 16.0 Å². The molecule has 0 aliphatic carbocycles. The van der Waals surface area contributed by atoms with E-state index in [2.05, 4.69) is 36.5 Å². The molecule has 0 fully saturated rings. The van der Waals surface area contributed by atoms with Crippen molar-refractivity contribution in [2.24, 2.45) is 0 Å². The van der Waals surface area contributed by atoms with Crippen molar-refractivity contribution in [3.05, 3.63) is 70.4 Å². The summed E-state index contributed by atoms with van der Waals surface area (Å²) in [5.74, 6) is 1.03. The maximum absolute atomic E-state index is 6.01. The molecule has 0 aliphatic heterocycles. The first-order valence-corrected chi connectivity index (χ1v) is 7.55. The Labute approximate surface area is 129 Å². The Morgan fingerprint density at radius 3 is 2.48 bits per heavy atom. The minimum Gasteiger partial charge on any atom is -0.461 e. The van der Waals surface area contributed by atoms with Gasteiger partial charge in [0.15, 0.2) is 0 Å². The molecule has 108 valence electrons. The molecule has 1 N–H and O–H groups in total. The van der Waals surface area contributed by atoms with Crippen molar-refractivity contribution in [3.63, 3.8) is 0 Å². The van der Waals surface area contributed by atoms with E-state index >= 15 is 0 Å². The topological polar surface area (TPSA) is 25.2 Å². The SMILES string of the molecule is CCc1oc2ccccc2c1C(NC)c1ccc(Cl)cc1. The lowest BCUT2D eigenvalue weighted by Crippen LogP contribution is -2.18. The van der Waals surface area contributed by atoms with Crippen LogP contribution < -0.4 is 5.32 Å². The lowest BCUT2D eigenvalue weighted by atomic mass is 9.95. The number of hydrogen-bond acceptors (Lipinski definition) is 2. The average Bonchev–Trinajstić information content (AvgIpc) is 2.89. The van der Waals surface area contributed by atoms with Gasteiger partial charge in [-0.1, -0.05) is 48.9 Å². The Morgan fingerprint density at radius 2 is 1.81 bits per heavy atom. The van der Waals surface area contributed by atoms with Crippen LogP contribution in [0.5, 0.6) is 0 Å². The summed E-state index contributed by atoms with van der Waals surface area (Å²) >= 11 is 6.00. The summed E-state index contributed by atoms with van der Waals surface area (Å²) in [7, 11) is 1.97. The fourth-order valence-corrected chi connectivity index (χ4v) is 2.95. The van der Waals surface area contributed by atoms with Crippen LogP contribution in [0.25, 0.3) is 11.0 Å². The first kappa shape index (κ1) is 14.2. The summed E-state index contributed by atoms with van der Waals surface area (Å²) in [6.45, 7) is 2.12. The highest BCUT2D eigenvalue weighted by molar-refractivity contribution is 6.30. The molecule has 0 spiro atoms. The molecule has 0 bridgehead atoms. The number of para-hydroxylation sites is 1. The Bertz CT molecular complexity index is 746. The summed E-state index contributed by atoms with van der Waals surface area (Å²) in [6, 6.07) is 16.3. The highest BCUT2D eigenvalue weighted by Gasteiger charge is 2.21. The highest BCUT2D eigenvalue weighted by atomic mass is 35.5. The molecule has 0 aliphatic rings. The molecule has 1 aromatic heterocycles. The van der Waals surface area contributed by atoms with E-state index in [1.165, 1.54) is 16.5 Å². The van der Waals surface area contributed by atoms with Crippen LogP contribution >= 0.6 is 11.6 Å². The largest absolute Gasteiger partial charge is 0.461 e. The van der Waals surface area contributed by atoms with Crippen molar-refractivity contribution in [3.8, 4) is 0 Å². The fraction of sp³-hybridized carbons (Fsp3) is 0.222. The standard InChI is InChI=1S/C18H18ClNO/c1-3-15-17(14-6-4-5-7-16(14)21-15)18(20-2)12-8-10-13(19)11-9-12/h4-11,18,20H,3H2,1-2H3. The van der Waals surface area contributed by atoms with Gasteiger partial charge in [-0.05, 0) is 30.8 Å². The van der Waals surface area contributed by atoms with Gasteiger partial charge < -0.3 is 9.73 Å². The van der Waals surface area contributed by atoms with Gasteiger partial charge in [-0.3, -0.25) is 0 Å². The van der Waals surface area contributed by atoms with E-state index in [1.54, 1.807) is 0 Å². The lowest BCUT2D eigenvalue weighted by Gasteiger charge is -2.17. The normalized spacial score (nSPS) is 12.7. The van der Waals surface area contributed by atoms with Crippen LogP contribution in [0, 0.1) is 0 Å². The summed E-state index contributed by atoms with van der Waals surface area (Å²) in [5.41, 5.74) is 3.35. The number of nitrogens with one attached hydrogen (secondary N) is 1. The molecule has 0 saturated carbocycles. The molecular weight excluding hydrogens is 282 g/mol. The zero-order valence-electron chi connectivity index (χ0n) is 12.2. The van der Waals surface area contributed by atoms with E-state index in [-0.39, 0.29) is 6.04 Å². The van der Waals surface area contributed by atoms with Crippen LogP contribution in [-0.4, -0.2) is 7.05 Å². The van der Waals surface area contributed by atoms with Gasteiger partial charge in [0.2, 0.25) is 0 Å². The smallest absolute Gasteiger partial charge is 0.134 e. The summed E-state index contributed by atoms with van der Waals surface area (Å²) in [6.07, 6.45) is 0.871. The monoisotopic (exact) mass is 299 g/mol. The van der Waals surface area contributed by atoms with E-state index < -0.39 is 0 Å². The van der Waals surface area contributed by atoms with E-state index in [0.717, 1.165) is 22.8 Å². The van der Waals surface area contributed by atoms with Crippen molar-refractivity contribution < 1.29 is 4.42 Å². The quantitative estimate of drug-likeness (QED) is 0.737. The van der Waals surface area contributed by atoms with E-state index in [9.17, 15) is 0 Å². The molecule has 3 heteroatoms. The van der Waals surface area contributed by atoms with Crippen molar-refractivity contribution in [2.75, 3.05) is 7.05 Å². The van der Waals surface area contributed by atoms with Gasteiger partial charge in [0.25, 0.3) is 0 Å². The van der Waals surface area contributed by atoms with Crippen LogP contribution in [0.3, 0.4) is 0 Å². The van der Waals surface area contributed by atoms with Crippen molar-refractivity contribution in [1.82, 2.24) is 5.32 Å². The maximum atomic E-state index is 6.01. The van der Waals surface area contributed by atoms with Crippen LogP contribution in [0.2, 0.25) is 5.02 Å². The lowest BCUT2D eigenvalue weighted by molar-refractivity contribution is 0.539. The third-order valence-electron chi connectivity index (χ3n) is 3.81. The van der Waals surface area contributed by atoms with Crippen molar-refractivity contribution in [1.29, 1.82) is 0 Å². The van der Waals surface area contributed by atoms with Crippen LogP contribution in [0.4, 0.5) is 0 Å². The number of benzene rings is 2. The number of rotatable bonds is 4. The zero-order valence-corrected chi connectivity index (χ0v) is 12.9. The molecule has 3 rings (SSSR count). The van der Waals surface area contributed by atoms with Gasteiger partial charge >= 0.3 is 0 Å². The molecular formula is C18H18ClNO. The fourth-order valence-electron chi connectivity index (χ4n) is 2.83. The zero-order chi connectivity index (χ0) is 14.8. The molecule has 0 amide bonds. The molecule has 1 heterocycles. The number of fused-ring (bicyclic) bond motifs is 1. The van der Waals surface area contributed by atoms with Crippen molar-refractivity contribution in [2.45, 2.75) is 19.4 Å². The minimum absolute atomic E-state index is 0.0980. The molecule has 0 saturated heterocycles. The Kier molecular flexibility index (Phi) is 4.00. The molecule has 1 unspecified atom stereocenters. The Balaban J connectivity index is 2.18. The first-order chi connectivity index (χ1) is 10.2. The van der Waals surface area contributed by atoms with Gasteiger partial charge in [0, 0.05) is 22.4 Å². The second-order valence-corrected chi connectivity index (χ2v) is 5.50. The molecule has 0 radical (unpaired) electrons. The molecule has 1 atom stereocenters. The average molecular weight is 300 g/mol. The Hall–Kier alpha value is -1.77. The predicted octanol–water partition coefficient (Wildman–Crippen LogP) is 4.96. The van der Waals surface area contributed by atoms with Crippen LogP contribution in [-0.2, 0) is 6.42 Å². The molecule has 2 nitrogen and oxygen atoms in total. The second-order valence-electron chi connectivity index (χ2n) is 5.06. The van der Waals surface area contributed by atoms with E-state index in [0.29, 0.717) is 0 Å². The summed E-state index contributed by atoms with van der Waals surface area (Å²) in [4.78, 5) is 0. The highest BCUT2D eigenvalue weighted by Crippen LogP contribution is 2.34. The number of halogens is 1. The van der Waals surface area contributed by atoms with Gasteiger partial charge in [-0.25, -0.2) is 0 Å². The maximum Gasteiger partial charge on any atom is 0.134 e. The Morgan fingerprint density at radius 1 is 1.10 bits per heavy atom. The summed E-state index contributed by atoms with van der Waals surface area (Å²) < 4.78 is 6.01. The van der Waals surface area contributed by atoms with Crippen molar-refractivity contribution >= 4 is 22.6 Å². The van der Waals surface area contributed by atoms with Gasteiger partial charge in [0.1, 0.15) is 11.3 Å². The number of hydrogen-bond donors (Lipinski definition) is 1. The number of furan rings is 1.